The Morgan fingerprint density at radius 3 is 2.24 bits per heavy atom. The van der Waals surface area contributed by atoms with Crippen LogP contribution in [0.5, 0.6) is 0 Å². The monoisotopic (exact) mass is 247 g/mol. The van der Waals surface area contributed by atoms with Crippen LogP contribution in [0.25, 0.3) is 0 Å². The number of likely N-dealkylation sites (N-methyl/N-ethyl adjacent to an activating group) is 2. The number of aliphatic hydroxyl groups excluding tert-OH is 1. The SMILES string of the molecule is CN(C)CCN(C)C(=O)N[C@H](CCO)C(=O)O. The molecule has 0 aliphatic carbocycles. The number of carbonyl (C=O) groups is 2. The highest BCUT2D eigenvalue weighted by Gasteiger charge is 2.20. The van der Waals surface area contributed by atoms with E-state index in [0.29, 0.717) is 13.1 Å². The first-order valence-corrected chi connectivity index (χ1v) is 5.38. The van der Waals surface area contributed by atoms with Crippen molar-refractivity contribution >= 4 is 12.0 Å². The van der Waals surface area contributed by atoms with Crippen LogP contribution in [0.15, 0.2) is 0 Å². The average Bonchev–Trinajstić information content (AvgIpc) is 2.24. The average molecular weight is 247 g/mol. The number of hydrogen-bond donors (Lipinski definition) is 3. The first kappa shape index (κ1) is 15.7. The van der Waals surface area contributed by atoms with Crippen molar-refractivity contribution in [3.8, 4) is 0 Å². The molecular weight excluding hydrogens is 226 g/mol. The number of hydrogen-bond acceptors (Lipinski definition) is 4. The predicted molar refractivity (Wildman–Crippen MR) is 62.8 cm³/mol. The first-order valence-electron chi connectivity index (χ1n) is 5.38. The molecule has 0 rings (SSSR count). The Morgan fingerprint density at radius 1 is 1.24 bits per heavy atom. The molecule has 3 N–H and O–H groups in total. The van der Waals surface area contributed by atoms with Crippen LogP contribution in [0, 0.1) is 0 Å². The van der Waals surface area contributed by atoms with Gasteiger partial charge in [-0.25, -0.2) is 9.59 Å². The molecule has 0 saturated carbocycles. The molecule has 0 aromatic carbocycles. The van der Waals surface area contributed by atoms with Gasteiger partial charge >= 0.3 is 12.0 Å². The fourth-order valence-corrected chi connectivity index (χ4v) is 1.10. The summed E-state index contributed by atoms with van der Waals surface area (Å²) in [6.07, 6.45) is 0.00257. The minimum Gasteiger partial charge on any atom is -0.480 e. The van der Waals surface area contributed by atoms with Gasteiger partial charge in [0.05, 0.1) is 0 Å². The van der Waals surface area contributed by atoms with Crippen molar-refractivity contribution in [2.75, 3.05) is 40.8 Å². The number of nitrogens with one attached hydrogen (secondary N) is 1. The van der Waals surface area contributed by atoms with Crippen molar-refractivity contribution in [1.29, 1.82) is 0 Å². The van der Waals surface area contributed by atoms with E-state index in [9.17, 15) is 9.59 Å². The van der Waals surface area contributed by atoms with Gasteiger partial charge in [0.1, 0.15) is 6.04 Å². The smallest absolute Gasteiger partial charge is 0.326 e. The zero-order valence-corrected chi connectivity index (χ0v) is 10.5. The summed E-state index contributed by atoms with van der Waals surface area (Å²) in [5.41, 5.74) is 0. The molecule has 0 fully saturated rings. The lowest BCUT2D eigenvalue weighted by atomic mass is 10.2. The minimum absolute atomic E-state index is 0.00257. The number of nitrogens with zero attached hydrogens (tertiary/aromatic N) is 2. The maximum absolute atomic E-state index is 11.6. The standard InChI is InChI=1S/C10H21N3O4/c1-12(2)5-6-13(3)10(17)11-8(4-7-14)9(15)16/h8,14H,4-7H2,1-3H3,(H,11,17)(H,15,16)/t8-/m1/s1. The highest BCUT2D eigenvalue weighted by molar-refractivity contribution is 5.82. The van der Waals surface area contributed by atoms with E-state index in [1.165, 1.54) is 4.90 Å². The quantitative estimate of drug-likeness (QED) is 0.538. The predicted octanol–water partition coefficient (Wildman–Crippen LogP) is -0.975. The lowest BCUT2D eigenvalue weighted by Gasteiger charge is -2.22. The van der Waals surface area contributed by atoms with Crippen molar-refractivity contribution in [3.63, 3.8) is 0 Å². The van der Waals surface area contributed by atoms with Crippen LogP contribution in [0.1, 0.15) is 6.42 Å². The number of carboxylic acids is 1. The molecule has 1 atom stereocenters. The minimum atomic E-state index is -1.14. The van der Waals surface area contributed by atoms with Crippen LogP contribution in [0.3, 0.4) is 0 Å². The molecule has 7 heteroatoms. The summed E-state index contributed by atoms with van der Waals surface area (Å²) >= 11 is 0. The van der Waals surface area contributed by atoms with E-state index in [-0.39, 0.29) is 13.0 Å². The Labute approximate surface area is 101 Å². The van der Waals surface area contributed by atoms with Gasteiger partial charge in [0.2, 0.25) is 0 Å². The third-order valence-electron chi connectivity index (χ3n) is 2.24. The van der Waals surface area contributed by atoms with Crippen molar-refractivity contribution in [1.82, 2.24) is 15.1 Å². The van der Waals surface area contributed by atoms with Crippen LogP contribution in [-0.4, -0.2) is 78.9 Å². The number of carbonyl (C=O) groups excluding carboxylic acids is 1. The summed E-state index contributed by atoms with van der Waals surface area (Å²) in [5, 5.41) is 19.8. The van der Waals surface area contributed by atoms with Crippen molar-refractivity contribution in [2.45, 2.75) is 12.5 Å². The van der Waals surface area contributed by atoms with Gasteiger partial charge in [-0.15, -0.1) is 0 Å². The van der Waals surface area contributed by atoms with Crippen molar-refractivity contribution < 1.29 is 19.8 Å². The zero-order valence-electron chi connectivity index (χ0n) is 10.5. The van der Waals surface area contributed by atoms with Crippen molar-refractivity contribution in [3.05, 3.63) is 0 Å². The molecule has 0 unspecified atom stereocenters. The van der Waals surface area contributed by atoms with Gasteiger partial charge in [0.25, 0.3) is 0 Å². The fraction of sp³-hybridized carbons (Fsp3) is 0.800. The number of rotatable bonds is 7. The third kappa shape index (κ3) is 6.75. The number of carboxylic acid groups (broad SMARTS) is 1. The molecule has 0 aromatic heterocycles. The second kappa shape index (κ2) is 7.86. The van der Waals surface area contributed by atoms with Gasteiger partial charge in [-0.3, -0.25) is 0 Å². The first-order chi connectivity index (χ1) is 7.88. The van der Waals surface area contributed by atoms with E-state index >= 15 is 0 Å². The van der Waals surface area contributed by atoms with E-state index in [1.54, 1.807) is 7.05 Å². The lowest BCUT2D eigenvalue weighted by Crippen LogP contribution is -2.48. The fourth-order valence-electron chi connectivity index (χ4n) is 1.10. The highest BCUT2D eigenvalue weighted by Crippen LogP contribution is 1.94. The Morgan fingerprint density at radius 2 is 1.82 bits per heavy atom. The Balaban J connectivity index is 4.15. The van der Waals surface area contributed by atoms with E-state index in [0.717, 1.165) is 0 Å². The molecule has 7 nitrogen and oxygen atoms in total. The number of amides is 2. The molecule has 0 saturated heterocycles. The van der Waals surface area contributed by atoms with Crippen molar-refractivity contribution in [2.24, 2.45) is 0 Å². The van der Waals surface area contributed by atoms with Gasteiger partial charge < -0.3 is 25.3 Å². The largest absolute Gasteiger partial charge is 0.480 e. The molecular formula is C10H21N3O4. The van der Waals surface area contributed by atoms with Gasteiger partial charge in [-0.2, -0.15) is 0 Å². The van der Waals surface area contributed by atoms with Gasteiger partial charge in [0, 0.05) is 33.2 Å². The van der Waals surface area contributed by atoms with Crippen LogP contribution < -0.4 is 5.32 Å². The molecule has 0 aliphatic rings. The molecule has 0 bridgehead atoms. The lowest BCUT2D eigenvalue weighted by molar-refractivity contribution is -0.139. The zero-order chi connectivity index (χ0) is 13.4. The summed E-state index contributed by atoms with van der Waals surface area (Å²) in [6, 6.07) is -1.50. The number of urea groups is 1. The molecule has 17 heavy (non-hydrogen) atoms. The molecule has 0 radical (unpaired) electrons. The van der Waals surface area contributed by atoms with E-state index in [1.807, 2.05) is 19.0 Å². The van der Waals surface area contributed by atoms with Gasteiger partial charge in [-0.1, -0.05) is 0 Å². The maximum atomic E-state index is 11.6. The van der Waals surface area contributed by atoms with Crippen LogP contribution in [-0.2, 0) is 4.79 Å². The Hall–Kier alpha value is -1.34. The maximum Gasteiger partial charge on any atom is 0.326 e. The molecule has 0 aromatic rings. The Bertz CT molecular complexity index is 258. The van der Waals surface area contributed by atoms with E-state index in [2.05, 4.69) is 5.32 Å². The Kier molecular flexibility index (Phi) is 7.24. The molecule has 0 aliphatic heterocycles. The van der Waals surface area contributed by atoms with Gasteiger partial charge in [-0.05, 0) is 14.1 Å². The van der Waals surface area contributed by atoms with Crippen LogP contribution in [0.2, 0.25) is 0 Å². The molecule has 100 valence electrons. The van der Waals surface area contributed by atoms with Crippen LogP contribution >= 0.6 is 0 Å². The normalized spacial score (nSPS) is 12.3. The summed E-state index contributed by atoms with van der Waals surface area (Å²) in [7, 11) is 5.37. The summed E-state index contributed by atoms with van der Waals surface area (Å²) in [5.74, 6) is -1.14. The molecule has 0 heterocycles. The van der Waals surface area contributed by atoms with Gasteiger partial charge in [0.15, 0.2) is 0 Å². The van der Waals surface area contributed by atoms with E-state index in [4.69, 9.17) is 10.2 Å². The number of aliphatic hydroxyl groups is 1. The third-order valence-corrected chi connectivity index (χ3v) is 2.24. The molecule has 0 spiro atoms. The summed E-state index contributed by atoms with van der Waals surface area (Å²) in [4.78, 5) is 25.7. The van der Waals surface area contributed by atoms with Crippen LogP contribution in [0.4, 0.5) is 4.79 Å². The van der Waals surface area contributed by atoms with E-state index < -0.39 is 18.0 Å². The summed E-state index contributed by atoms with van der Waals surface area (Å²) < 4.78 is 0. The molecule has 2 amide bonds. The number of aliphatic carboxylic acids is 1. The topological polar surface area (TPSA) is 93.1 Å². The second-order valence-corrected chi connectivity index (χ2v) is 4.08. The second-order valence-electron chi connectivity index (χ2n) is 4.08. The highest BCUT2D eigenvalue weighted by atomic mass is 16.4. The summed E-state index contributed by atoms with van der Waals surface area (Å²) in [6.45, 7) is 0.921.